The Bertz CT molecular complexity index is 283. The van der Waals surface area contributed by atoms with Gasteiger partial charge in [-0.25, -0.2) is 4.79 Å². The molecule has 58 valence electrons. The van der Waals surface area contributed by atoms with E-state index in [2.05, 4.69) is 0 Å². The predicted octanol–water partition coefficient (Wildman–Crippen LogP) is 1.10. The van der Waals surface area contributed by atoms with Gasteiger partial charge in [-0.3, -0.25) is 0 Å². The molecule has 1 heterocycles. The van der Waals surface area contributed by atoms with E-state index >= 15 is 0 Å². The SMILES string of the molecule is O=C(O)C12C=CC=CC1(I)O2. The zero-order chi connectivity index (χ0) is 8.11. The molecule has 0 amide bonds. The molecule has 0 spiro atoms. The second-order valence-electron chi connectivity index (χ2n) is 2.51. The van der Waals surface area contributed by atoms with E-state index in [1.54, 1.807) is 24.3 Å². The van der Waals surface area contributed by atoms with Gasteiger partial charge in [-0.1, -0.05) is 12.2 Å². The zero-order valence-electron chi connectivity index (χ0n) is 5.45. The lowest BCUT2D eigenvalue weighted by molar-refractivity contribution is -0.141. The molecule has 0 saturated carbocycles. The van der Waals surface area contributed by atoms with Crippen molar-refractivity contribution in [3.8, 4) is 0 Å². The van der Waals surface area contributed by atoms with Gasteiger partial charge in [-0.05, 0) is 34.7 Å². The van der Waals surface area contributed by atoms with Crippen LogP contribution in [0, 0.1) is 0 Å². The highest BCUT2D eigenvalue weighted by Gasteiger charge is 2.72. The number of carboxylic acid groups (broad SMARTS) is 1. The quantitative estimate of drug-likeness (QED) is 0.438. The zero-order valence-corrected chi connectivity index (χ0v) is 7.61. The summed E-state index contributed by atoms with van der Waals surface area (Å²) in [4.78, 5) is 10.7. The lowest BCUT2D eigenvalue weighted by atomic mass is 10.0. The van der Waals surface area contributed by atoms with E-state index in [4.69, 9.17) is 9.84 Å². The summed E-state index contributed by atoms with van der Waals surface area (Å²) in [5.41, 5.74) is -1.08. The monoisotopic (exact) mass is 264 g/mol. The van der Waals surface area contributed by atoms with Gasteiger partial charge in [0.05, 0.1) is 0 Å². The van der Waals surface area contributed by atoms with E-state index in [-0.39, 0.29) is 0 Å². The first kappa shape index (κ1) is 7.30. The third-order valence-electron chi connectivity index (χ3n) is 1.84. The van der Waals surface area contributed by atoms with Crippen LogP contribution in [0.5, 0.6) is 0 Å². The fourth-order valence-electron chi connectivity index (χ4n) is 1.15. The standard InChI is InChI=1S/C7H5IO3/c8-7-4-2-1-3-6(7,11-7)5(9)10/h1-4H,(H,9,10). The van der Waals surface area contributed by atoms with Crippen molar-refractivity contribution in [2.24, 2.45) is 0 Å². The number of fused-ring (bicyclic) bond motifs is 1. The van der Waals surface area contributed by atoms with Gasteiger partial charge in [0, 0.05) is 0 Å². The van der Waals surface area contributed by atoms with Crippen LogP contribution in [0.25, 0.3) is 0 Å². The molecule has 0 bridgehead atoms. The number of ether oxygens (including phenoxy) is 1. The number of carboxylic acids is 1. The number of aliphatic carboxylic acids is 1. The van der Waals surface area contributed by atoms with Crippen LogP contribution in [0.15, 0.2) is 24.3 Å². The Labute approximate surface area is 76.9 Å². The Kier molecular flexibility index (Phi) is 1.24. The second kappa shape index (κ2) is 1.87. The molecule has 2 aliphatic rings. The molecule has 0 aromatic heterocycles. The van der Waals surface area contributed by atoms with E-state index < -0.39 is 15.2 Å². The summed E-state index contributed by atoms with van der Waals surface area (Å²) in [5, 5.41) is 8.79. The molecule has 1 fully saturated rings. The maximum atomic E-state index is 10.7. The molecule has 3 nitrogen and oxygen atoms in total. The molecule has 1 aliphatic carbocycles. The summed E-state index contributed by atoms with van der Waals surface area (Å²) in [6, 6.07) is 0. The minimum Gasteiger partial charge on any atom is -0.479 e. The van der Waals surface area contributed by atoms with Gasteiger partial charge in [-0.15, -0.1) is 0 Å². The van der Waals surface area contributed by atoms with Gasteiger partial charge in [0.1, 0.15) is 0 Å². The summed E-state index contributed by atoms with van der Waals surface area (Å²) in [6.07, 6.45) is 6.81. The third-order valence-corrected chi connectivity index (χ3v) is 3.23. The average molecular weight is 264 g/mol. The number of halogens is 1. The number of rotatable bonds is 1. The van der Waals surface area contributed by atoms with Crippen LogP contribution in [-0.2, 0) is 9.53 Å². The second-order valence-corrected chi connectivity index (χ2v) is 4.11. The van der Waals surface area contributed by atoms with Crippen molar-refractivity contribution in [2.75, 3.05) is 0 Å². The first-order valence-electron chi connectivity index (χ1n) is 3.10. The number of alkyl halides is 1. The van der Waals surface area contributed by atoms with Crippen LogP contribution in [0.3, 0.4) is 0 Å². The summed E-state index contributed by atoms with van der Waals surface area (Å²) >= 11 is 1.99. The van der Waals surface area contributed by atoms with Crippen LogP contribution in [0.4, 0.5) is 0 Å². The van der Waals surface area contributed by atoms with Gasteiger partial charge in [-0.2, -0.15) is 0 Å². The van der Waals surface area contributed by atoms with E-state index in [1.165, 1.54) is 0 Å². The lowest BCUT2D eigenvalue weighted by Gasteiger charge is -2.05. The molecule has 0 aromatic carbocycles. The Balaban J connectivity index is 2.41. The number of hydrogen-bond acceptors (Lipinski definition) is 2. The largest absolute Gasteiger partial charge is 0.479 e. The highest BCUT2D eigenvalue weighted by molar-refractivity contribution is 14.1. The number of epoxide rings is 1. The van der Waals surface area contributed by atoms with Gasteiger partial charge in [0.25, 0.3) is 0 Å². The van der Waals surface area contributed by atoms with Crippen LogP contribution in [0.2, 0.25) is 0 Å². The molecular formula is C7H5IO3. The van der Waals surface area contributed by atoms with E-state index in [0.29, 0.717) is 0 Å². The van der Waals surface area contributed by atoms with Crippen molar-refractivity contribution in [3.05, 3.63) is 24.3 Å². The molecule has 2 atom stereocenters. The van der Waals surface area contributed by atoms with Gasteiger partial charge >= 0.3 is 5.97 Å². The first-order valence-corrected chi connectivity index (χ1v) is 4.18. The molecule has 2 unspecified atom stereocenters. The van der Waals surface area contributed by atoms with E-state index in [9.17, 15) is 4.79 Å². The maximum absolute atomic E-state index is 10.7. The Morgan fingerprint density at radius 2 is 2.09 bits per heavy atom. The van der Waals surface area contributed by atoms with Crippen LogP contribution >= 0.6 is 22.6 Å². The molecule has 1 N–H and O–H groups in total. The van der Waals surface area contributed by atoms with Crippen molar-refractivity contribution in [1.29, 1.82) is 0 Å². The molecular weight excluding hydrogens is 259 g/mol. The predicted molar refractivity (Wildman–Crippen MR) is 46.5 cm³/mol. The fraction of sp³-hybridized carbons (Fsp3) is 0.286. The fourth-order valence-corrected chi connectivity index (χ4v) is 2.11. The lowest BCUT2D eigenvalue weighted by Crippen LogP contribution is -2.28. The van der Waals surface area contributed by atoms with E-state index in [0.717, 1.165) is 0 Å². The van der Waals surface area contributed by atoms with Gasteiger partial charge < -0.3 is 9.84 Å². The molecule has 0 radical (unpaired) electrons. The Hall–Kier alpha value is -0.360. The van der Waals surface area contributed by atoms with Crippen LogP contribution < -0.4 is 0 Å². The summed E-state index contributed by atoms with van der Waals surface area (Å²) in [5.74, 6) is -0.924. The highest BCUT2D eigenvalue weighted by atomic mass is 127. The smallest absolute Gasteiger partial charge is 0.344 e. The summed E-state index contributed by atoms with van der Waals surface area (Å²) in [7, 11) is 0. The van der Waals surface area contributed by atoms with Crippen LogP contribution in [0.1, 0.15) is 0 Å². The number of allylic oxidation sites excluding steroid dienone is 2. The summed E-state index contributed by atoms with van der Waals surface area (Å²) in [6.45, 7) is 0. The minimum absolute atomic E-state index is 0.634. The van der Waals surface area contributed by atoms with Crippen molar-refractivity contribution in [2.45, 2.75) is 9.21 Å². The average Bonchev–Trinajstić information content (AvgIpc) is 2.56. The van der Waals surface area contributed by atoms with Gasteiger partial charge in [0.2, 0.25) is 5.60 Å². The van der Waals surface area contributed by atoms with Crippen molar-refractivity contribution in [3.63, 3.8) is 0 Å². The third kappa shape index (κ3) is 0.737. The molecule has 2 rings (SSSR count). The van der Waals surface area contributed by atoms with Crippen molar-refractivity contribution < 1.29 is 14.6 Å². The minimum atomic E-state index is -1.08. The van der Waals surface area contributed by atoms with Crippen molar-refractivity contribution >= 4 is 28.6 Å². The molecule has 4 heteroatoms. The Morgan fingerprint density at radius 3 is 2.55 bits per heavy atom. The Morgan fingerprint density at radius 1 is 1.45 bits per heavy atom. The van der Waals surface area contributed by atoms with E-state index in [1.807, 2.05) is 22.6 Å². The van der Waals surface area contributed by atoms with Crippen LogP contribution in [-0.4, -0.2) is 20.3 Å². The maximum Gasteiger partial charge on any atom is 0.344 e. The normalized spacial score (nSPS) is 45.2. The van der Waals surface area contributed by atoms with Gasteiger partial charge in [0.15, 0.2) is 3.61 Å². The highest BCUT2D eigenvalue weighted by Crippen LogP contribution is 2.57. The summed E-state index contributed by atoms with van der Waals surface area (Å²) < 4.78 is 4.49. The molecule has 1 aliphatic heterocycles. The van der Waals surface area contributed by atoms with Crippen molar-refractivity contribution in [1.82, 2.24) is 0 Å². The molecule has 1 saturated heterocycles. The number of hydrogen-bond donors (Lipinski definition) is 1. The number of carbonyl (C=O) groups is 1. The topological polar surface area (TPSA) is 49.8 Å². The molecule has 0 aromatic rings. The first-order chi connectivity index (χ1) is 5.11. The molecule has 11 heavy (non-hydrogen) atoms.